The van der Waals surface area contributed by atoms with Crippen molar-refractivity contribution in [2.75, 3.05) is 11.9 Å². The van der Waals surface area contributed by atoms with Gasteiger partial charge in [0.25, 0.3) is 0 Å². The van der Waals surface area contributed by atoms with Gasteiger partial charge in [0.1, 0.15) is 0 Å². The predicted octanol–water partition coefficient (Wildman–Crippen LogP) is 2.99. The van der Waals surface area contributed by atoms with Crippen LogP contribution in [0, 0.1) is 6.92 Å². The van der Waals surface area contributed by atoms with Gasteiger partial charge < -0.3 is 5.32 Å². The summed E-state index contributed by atoms with van der Waals surface area (Å²) in [6, 6.07) is 6.58. The summed E-state index contributed by atoms with van der Waals surface area (Å²) in [6.45, 7) is 7.43. The van der Waals surface area contributed by atoms with Crippen LogP contribution in [0.25, 0.3) is 0 Å². The maximum absolute atomic E-state index is 3.37. The topological polar surface area (TPSA) is 12.0 Å². The van der Waals surface area contributed by atoms with Crippen LogP contribution < -0.4 is 5.32 Å². The van der Waals surface area contributed by atoms with Gasteiger partial charge in [-0.15, -0.1) is 0 Å². The van der Waals surface area contributed by atoms with Crippen LogP contribution in [0.5, 0.6) is 0 Å². The maximum atomic E-state index is 3.37. The second-order valence-electron chi connectivity index (χ2n) is 3.04. The van der Waals surface area contributed by atoms with Gasteiger partial charge in [-0.1, -0.05) is 19.1 Å². The summed E-state index contributed by atoms with van der Waals surface area (Å²) in [5.41, 5.74) is 4.02. The van der Waals surface area contributed by atoms with E-state index < -0.39 is 0 Å². The lowest BCUT2D eigenvalue weighted by Crippen LogP contribution is -2.00. The number of aryl methyl sites for hydroxylation is 2. The molecular formula is C11H17N. The van der Waals surface area contributed by atoms with Gasteiger partial charge in [0.2, 0.25) is 0 Å². The van der Waals surface area contributed by atoms with Crippen LogP contribution in [0.4, 0.5) is 5.69 Å². The molecule has 1 aromatic rings. The van der Waals surface area contributed by atoms with Gasteiger partial charge in [0.05, 0.1) is 0 Å². The van der Waals surface area contributed by atoms with E-state index >= 15 is 0 Å². The lowest BCUT2D eigenvalue weighted by Gasteiger charge is -2.09. The van der Waals surface area contributed by atoms with E-state index in [1.54, 1.807) is 0 Å². The van der Waals surface area contributed by atoms with E-state index in [0.29, 0.717) is 0 Å². The molecule has 0 bridgehead atoms. The second-order valence-corrected chi connectivity index (χ2v) is 3.04. The fourth-order valence-electron chi connectivity index (χ4n) is 1.35. The molecule has 0 fully saturated rings. The second kappa shape index (κ2) is 4.15. The van der Waals surface area contributed by atoms with Crippen LogP contribution in [0.15, 0.2) is 18.2 Å². The van der Waals surface area contributed by atoms with Gasteiger partial charge >= 0.3 is 0 Å². The molecule has 0 aliphatic heterocycles. The molecule has 0 spiro atoms. The smallest absolute Gasteiger partial charge is 0.0375 e. The van der Waals surface area contributed by atoms with Gasteiger partial charge in [-0.05, 0) is 37.5 Å². The fourth-order valence-corrected chi connectivity index (χ4v) is 1.35. The van der Waals surface area contributed by atoms with E-state index in [0.717, 1.165) is 13.0 Å². The third-order valence-electron chi connectivity index (χ3n) is 2.01. The van der Waals surface area contributed by atoms with Crippen molar-refractivity contribution < 1.29 is 0 Å². The molecule has 0 saturated heterocycles. The third kappa shape index (κ3) is 2.00. The van der Waals surface area contributed by atoms with Gasteiger partial charge in [0.15, 0.2) is 0 Å². The molecule has 0 unspecified atom stereocenters. The van der Waals surface area contributed by atoms with E-state index in [4.69, 9.17) is 0 Å². The lowest BCUT2D eigenvalue weighted by atomic mass is 10.1. The number of anilines is 1. The van der Waals surface area contributed by atoms with Crippen molar-refractivity contribution in [3.05, 3.63) is 29.3 Å². The average Bonchev–Trinajstić information content (AvgIpc) is 2.05. The molecule has 0 aliphatic carbocycles. The molecule has 1 N–H and O–H groups in total. The molecule has 1 nitrogen and oxygen atoms in total. The summed E-state index contributed by atoms with van der Waals surface area (Å²) < 4.78 is 0. The van der Waals surface area contributed by atoms with E-state index in [9.17, 15) is 0 Å². The van der Waals surface area contributed by atoms with Crippen LogP contribution in [-0.2, 0) is 6.42 Å². The molecule has 1 aromatic carbocycles. The Morgan fingerprint density at radius 1 is 1.25 bits per heavy atom. The SMILES string of the molecule is CCNc1cc(C)ccc1CC. The Kier molecular flexibility index (Phi) is 3.15. The zero-order valence-corrected chi connectivity index (χ0v) is 8.15. The number of hydrogen-bond donors (Lipinski definition) is 1. The van der Waals surface area contributed by atoms with Crippen molar-refractivity contribution in [1.82, 2.24) is 0 Å². The Labute approximate surface area is 74.8 Å². The maximum Gasteiger partial charge on any atom is 0.0375 e. The van der Waals surface area contributed by atoms with E-state index in [2.05, 4.69) is 44.3 Å². The van der Waals surface area contributed by atoms with Crippen LogP contribution >= 0.6 is 0 Å². The fraction of sp³-hybridized carbons (Fsp3) is 0.455. The third-order valence-corrected chi connectivity index (χ3v) is 2.01. The Bertz CT molecular complexity index is 253. The van der Waals surface area contributed by atoms with Crippen LogP contribution in [0.1, 0.15) is 25.0 Å². The first-order valence-electron chi connectivity index (χ1n) is 4.61. The van der Waals surface area contributed by atoms with Crippen LogP contribution in [0.2, 0.25) is 0 Å². The molecular weight excluding hydrogens is 146 g/mol. The molecule has 1 rings (SSSR count). The molecule has 0 atom stereocenters. The van der Waals surface area contributed by atoms with Crippen molar-refractivity contribution in [3.8, 4) is 0 Å². The number of hydrogen-bond acceptors (Lipinski definition) is 1. The summed E-state index contributed by atoms with van der Waals surface area (Å²) in [4.78, 5) is 0. The number of rotatable bonds is 3. The Hall–Kier alpha value is -0.980. The average molecular weight is 163 g/mol. The minimum atomic E-state index is 0.996. The monoisotopic (exact) mass is 163 g/mol. The number of benzene rings is 1. The molecule has 0 aliphatic rings. The molecule has 0 saturated carbocycles. The summed E-state index contributed by atoms with van der Waals surface area (Å²) in [6.07, 6.45) is 1.10. The zero-order chi connectivity index (χ0) is 8.97. The molecule has 0 aromatic heterocycles. The summed E-state index contributed by atoms with van der Waals surface area (Å²) >= 11 is 0. The highest BCUT2D eigenvalue weighted by Crippen LogP contribution is 2.17. The predicted molar refractivity (Wildman–Crippen MR) is 54.7 cm³/mol. The highest BCUT2D eigenvalue weighted by atomic mass is 14.9. The van der Waals surface area contributed by atoms with Crippen LogP contribution in [-0.4, -0.2) is 6.54 Å². The first-order valence-corrected chi connectivity index (χ1v) is 4.61. The minimum absolute atomic E-state index is 0.996. The summed E-state index contributed by atoms with van der Waals surface area (Å²) in [5.74, 6) is 0. The molecule has 0 radical (unpaired) electrons. The van der Waals surface area contributed by atoms with Crippen molar-refractivity contribution in [1.29, 1.82) is 0 Å². The summed E-state index contributed by atoms with van der Waals surface area (Å²) in [7, 11) is 0. The highest BCUT2D eigenvalue weighted by molar-refractivity contribution is 5.53. The van der Waals surface area contributed by atoms with E-state index in [1.165, 1.54) is 16.8 Å². The van der Waals surface area contributed by atoms with Crippen LogP contribution in [0.3, 0.4) is 0 Å². The standard InChI is InChI=1S/C11H17N/c1-4-10-7-6-9(3)8-11(10)12-5-2/h6-8,12H,4-5H2,1-3H3. The molecule has 12 heavy (non-hydrogen) atoms. The Morgan fingerprint density at radius 3 is 2.58 bits per heavy atom. The first kappa shape index (κ1) is 9.11. The van der Waals surface area contributed by atoms with E-state index in [-0.39, 0.29) is 0 Å². The summed E-state index contributed by atoms with van der Waals surface area (Å²) in [5, 5.41) is 3.37. The molecule has 0 amide bonds. The molecule has 1 heteroatoms. The molecule has 66 valence electrons. The largest absolute Gasteiger partial charge is 0.385 e. The van der Waals surface area contributed by atoms with E-state index in [1.807, 2.05) is 0 Å². The van der Waals surface area contributed by atoms with Crippen molar-refractivity contribution in [2.24, 2.45) is 0 Å². The Morgan fingerprint density at radius 2 is 2.00 bits per heavy atom. The van der Waals surface area contributed by atoms with Crippen molar-refractivity contribution in [2.45, 2.75) is 27.2 Å². The quantitative estimate of drug-likeness (QED) is 0.722. The minimum Gasteiger partial charge on any atom is -0.385 e. The molecule has 0 heterocycles. The number of nitrogens with one attached hydrogen (secondary N) is 1. The lowest BCUT2D eigenvalue weighted by molar-refractivity contribution is 1.11. The van der Waals surface area contributed by atoms with Gasteiger partial charge in [-0.25, -0.2) is 0 Å². The normalized spacial score (nSPS) is 9.92. The Balaban J connectivity index is 2.95. The zero-order valence-electron chi connectivity index (χ0n) is 8.15. The van der Waals surface area contributed by atoms with Crippen molar-refractivity contribution >= 4 is 5.69 Å². The first-order chi connectivity index (χ1) is 5.77. The highest BCUT2D eigenvalue weighted by Gasteiger charge is 1.98. The van der Waals surface area contributed by atoms with Crippen molar-refractivity contribution in [3.63, 3.8) is 0 Å². The van der Waals surface area contributed by atoms with Gasteiger partial charge in [-0.3, -0.25) is 0 Å². The van der Waals surface area contributed by atoms with Gasteiger partial charge in [0, 0.05) is 12.2 Å². The van der Waals surface area contributed by atoms with Gasteiger partial charge in [-0.2, -0.15) is 0 Å².